The highest BCUT2D eigenvalue weighted by Gasteiger charge is 2.04. The van der Waals surface area contributed by atoms with Crippen molar-refractivity contribution in [2.24, 2.45) is 0 Å². The first-order valence-corrected chi connectivity index (χ1v) is 5.58. The summed E-state index contributed by atoms with van der Waals surface area (Å²) in [4.78, 5) is 21.2. The summed E-state index contributed by atoms with van der Waals surface area (Å²) in [5.74, 6) is -3.26. The van der Waals surface area contributed by atoms with Gasteiger partial charge in [-0.1, -0.05) is 18.2 Å². The minimum absolute atomic E-state index is 0.399. The number of para-hydroxylation sites is 1. The van der Waals surface area contributed by atoms with E-state index in [-0.39, 0.29) is 0 Å². The lowest BCUT2D eigenvalue weighted by Crippen LogP contribution is -2.36. The number of hydrogen-bond acceptors (Lipinski definition) is 6. The Morgan fingerprint density at radius 1 is 1.10 bits per heavy atom. The van der Waals surface area contributed by atoms with Crippen molar-refractivity contribution in [2.75, 3.05) is 5.32 Å². The zero-order valence-corrected chi connectivity index (χ0v) is 10.1. The van der Waals surface area contributed by atoms with Crippen LogP contribution < -0.4 is 15.5 Å². The van der Waals surface area contributed by atoms with Crippen molar-refractivity contribution in [3.63, 3.8) is 0 Å². The van der Waals surface area contributed by atoms with Gasteiger partial charge in [0.15, 0.2) is 0 Å². The number of carbonyl (C=O) groups excluding carboxylic acids is 2. The van der Waals surface area contributed by atoms with E-state index >= 15 is 0 Å². The van der Waals surface area contributed by atoms with Crippen LogP contribution in [0.2, 0.25) is 0 Å². The molecule has 102 valence electrons. The highest BCUT2D eigenvalue weighted by Crippen LogP contribution is 2.14. The molecule has 1 N–H and O–H groups in total. The molecular weight excluding hydrogens is 262 g/mol. The lowest BCUT2D eigenvalue weighted by Gasteiger charge is -2.11. The molecule has 0 saturated carbocycles. The molecule has 0 spiro atoms. The SMILES string of the molecule is O=C([O-])C(=CNc1ccnn1-c1ccccc1)C(=O)[O-]. The number of nitrogens with one attached hydrogen (secondary N) is 1. The third kappa shape index (κ3) is 2.83. The summed E-state index contributed by atoms with van der Waals surface area (Å²) >= 11 is 0. The smallest absolute Gasteiger partial charge is 0.133 e. The van der Waals surface area contributed by atoms with Gasteiger partial charge in [0, 0.05) is 17.8 Å². The van der Waals surface area contributed by atoms with Gasteiger partial charge in [0.25, 0.3) is 0 Å². The number of benzene rings is 1. The summed E-state index contributed by atoms with van der Waals surface area (Å²) in [7, 11) is 0. The van der Waals surface area contributed by atoms with Crippen LogP contribution in [0.1, 0.15) is 0 Å². The Bertz CT molecular complexity index is 645. The summed E-state index contributed by atoms with van der Waals surface area (Å²) in [5.41, 5.74) is -0.248. The molecule has 0 radical (unpaired) electrons. The van der Waals surface area contributed by atoms with E-state index in [1.165, 1.54) is 10.9 Å². The van der Waals surface area contributed by atoms with Gasteiger partial charge in [-0.3, -0.25) is 0 Å². The number of anilines is 1. The number of nitrogens with zero attached hydrogens (tertiary/aromatic N) is 2. The van der Waals surface area contributed by atoms with E-state index in [4.69, 9.17) is 0 Å². The summed E-state index contributed by atoms with van der Waals surface area (Å²) in [5, 5.41) is 27.8. The predicted octanol–water partition coefficient (Wildman–Crippen LogP) is -1.33. The molecule has 0 aliphatic rings. The maximum Gasteiger partial charge on any atom is 0.133 e. The molecule has 0 saturated heterocycles. The molecule has 0 atom stereocenters. The fourth-order valence-corrected chi connectivity index (χ4v) is 1.53. The van der Waals surface area contributed by atoms with Crippen molar-refractivity contribution >= 4 is 17.8 Å². The summed E-state index contributed by atoms with van der Waals surface area (Å²) < 4.78 is 1.48. The normalized spacial score (nSPS) is 9.80. The number of hydrogen-bond donors (Lipinski definition) is 1. The molecule has 7 nitrogen and oxygen atoms in total. The lowest BCUT2D eigenvalue weighted by atomic mass is 10.3. The van der Waals surface area contributed by atoms with Crippen molar-refractivity contribution in [3.05, 3.63) is 54.4 Å². The van der Waals surface area contributed by atoms with Crippen LogP contribution in [0, 0.1) is 0 Å². The first-order chi connectivity index (χ1) is 9.59. The van der Waals surface area contributed by atoms with Gasteiger partial charge in [-0.25, -0.2) is 4.68 Å². The van der Waals surface area contributed by atoms with Crippen LogP contribution in [-0.2, 0) is 9.59 Å². The van der Waals surface area contributed by atoms with Gasteiger partial charge in [0.2, 0.25) is 0 Å². The molecule has 20 heavy (non-hydrogen) atoms. The topological polar surface area (TPSA) is 110 Å². The van der Waals surface area contributed by atoms with Gasteiger partial charge < -0.3 is 25.1 Å². The number of carbonyl (C=O) groups is 2. The van der Waals surface area contributed by atoms with E-state index < -0.39 is 17.5 Å². The molecule has 0 amide bonds. The number of aromatic nitrogens is 2. The zero-order valence-electron chi connectivity index (χ0n) is 10.1. The molecule has 0 aliphatic carbocycles. The standard InChI is InChI=1S/C13H11N3O4/c17-12(18)10(13(19)20)8-14-11-6-7-15-16(11)9-4-2-1-3-5-9/h1-8,14H,(H,17,18)(H,19,20)/p-2. The zero-order chi connectivity index (χ0) is 14.5. The quantitative estimate of drug-likeness (QED) is 0.410. The van der Waals surface area contributed by atoms with Gasteiger partial charge in [-0.05, 0) is 12.1 Å². The Hall–Kier alpha value is -3.09. The van der Waals surface area contributed by atoms with Gasteiger partial charge in [-0.2, -0.15) is 5.10 Å². The Balaban J connectivity index is 2.28. The molecule has 2 aromatic rings. The van der Waals surface area contributed by atoms with Crippen LogP contribution in [0.5, 0.6) is 0 Å². The van der Waals surface area contributed by atoms with E-state index in [2.05, 4.69) is 10.4 Å². The van der Waals surface area contributed by atoms with Crippen LogP contribution in [0.3, 0.4) is 0 Å². The minimum Gasteiger partial charge on any atom is -0.545 e. The molecule has 1 aromatic heterocycles. The Labute approximate surface area is 113 Å². The van der Waals surface area contributed by atoms with Crippen LogP contribution in [-0.4, -0.2) is 21.7 Å². The minimum atomic E-state index is -1.83. The Morgan fingerprint density at radius 2 is 1.75 bits per heavy atom. The first kappa shape index (κ1) is 13.3. The highest BCUT2D eigenvalue weighted by atomic mass is 16.4. The van der Waals surface area contributed by atoms with E-state index in [0.717, 1.165) is 11.9 Å². The van der Waals surface area contributed by atoms with Crippen LogP contribution >= 0.6 is 0 Å². The molecule has 7 heteroatoms. The molecule has 1 heterocycles. The van der Waals surface area contributed by atoms with Gasteiger partial charge in [0.05, 0.1) is 23.8 Å². The van der Waals surface area contributed by atoms with E-state index in [1.807, 2.05) is 18.2 Å². The van der Waals surface area contributed by atoms with Crippen LogP contribution in [0.25, 0.3) is 5.69 Å². The largest absolute Gasteiger partial charge is 0.545 e. The second-order valence-corrected chi connectivity index (χ2v) is 3.74. The summed E-state index contributed by atoms with van der Waals surface area (Å²) in [6.45, 7) is 0. The second kappa shape index (κ2) is 5.70. The molecule has 2 rings (SSSR count). The van der Waals surface area contributed by atoms with E-state index in [0.29, 0.717) is 5.82 Å². The van der Waals surface area contributed by atoms with Crippen LogP contribution in [0.4, 0.5) is 5.82 Å². The third-order valence-electron chi connectivity index (χ3n) is 2.45. The molecular formula is C13H9N3O4-2. The van der Waals surface area contributed by atoms with Crippen molar-refractivity contribution < 1.29 is 19.8 Å². The molecule has 0 bridgehead atoms. The van der Waals surface area contributed by atoms with Gasteiger partial charge in [-0.15, -0.1) is 0 Å². The van der Waals surface area contributed by atoms with Crippen molar-refractivity contribution in [3.8, 4) is 5.69 Å². The second-order valence-electron chi connectivity index (χ2n) is 3.74. The fourth-order valence-electron chi connectivity index (χ4n) is 1.53. The number of carboxylic acid groups (broad SMARTS) is 2. The summed E-state index contributed by atoms with van der Waals surface area (Å²) in [6.07, 6.45) is 2.28. The highest BCUT2D eigenvalue weighted by molar-refractivity contribution is 6.10. The predicted molar refractivity (Wildman–Crippen MR) is 65.3 cm³/mol. The fraction of sp³-hybridized carbons (Fsp3) is 0. The van der Waals surface area contributed by atoms with Gasteiger partial charge >= 0.3 is 0 Å². The molecule has 0 unspecified atom stereocenters. The van der Waals surface area contributed by atoms with E-state index in [1.54, 1.807) is 18.2 Å². The molecule has 1 aromatic carbocycles. The molecule has 0 fully saturated rings. The Morgan fingerprint density at radius 3 is 2.35 bits per heavy atom. The van der Waals surface area contributed by atoms with Crippen molar-refractivity contribution in [1.29, 1.82) is 0 Å². The monoisotopic (exact) mass is 271 g/mol. The van der Waals surface area contributed by atoms with Crippen LogP contribution in [0.15, 0.2) is 54.4 Å². The maximum atomic E-state index is 10.6. The first-order valence-electron chi connectivity index (χ1n) is 5.58. The van der Waals surface area contributed by atoms with Gasteiger partial charge in [0.1, 0.15) is 5.82 Å². The Kier molecular flexibility index (Phi) is 3.80. The number of rotatable bonds is 5. The lowest BCUT2D eigenvalue weighted by molar-refractivity contribution is -0.312. The molecule has 0 aliphatic heterocycles. The van der Waals surface area contributed by atoms with Crippen molar-refractivity contribution in [2.45, 2.75) is 0 Å². The maximum absolute atomic E-state index is 10.6. The summed E-state index contributed by atoms with van der Waals surface area (Å²) in [6, 6.07) is 10.6. The van der Waals surface area contributed by atoms with E-state index in [9.17, 15) is 19.8 Å². The third-order valence-corrected chi connectivity index (χ3v) is 2.45. The average Bonchev–Trinajstić information content (AvgIpc) is 2.87. The number of aliphatic carboxylic acids is 2. The number of carboxylic acids is 2. The average molecular weight is 271 g/mol. The van der Waals surface area contributed by atoms with Crippen molar-refractivity contribution in [1.82, 2.24) is 9.78 Å².